The van der Waals surface area contributed by atoms with E-state index in [-0.39, 0.29) is 12.5 Å². The van der Waals surface area contributed by atoms with Gasteiger partial charge in [0.25, 0.3) is 5.89 Å². The molecule has 0 aliphatic heterocycles. The molecule has 7 nitrogen and oxygen atoms in total. The molecular formula is C13H21N5O2. The van der Waals surface area contributed by atoms with Gasteiger partial charge < -0.3 is 19.5 Å². The first-order valence-electron chi connectivity index (χ1n) is 6.82. The molecule has 2 heterocycles. The van der Waals surface area contributed by atoms with Crippen molar-refractivity contribution in [1.29, 1.82) is 0 Å². The molecule has 2 aromatic heterocycles. The van der Waals surface area contributed by atoms with Crippen LogP contribution in [0.3, 0.4) is 0 Å². The lowest BCUT2D eigenvalue weighted by Crippen LogP contribution is -2.29. The van der Waals surface area contributed by atoms with E-state index >= 15 is 0 Å². The molecule has 110 valence electrons. The number of imidazole rings is 1. The highest BCUT2D eigenvalue weighted by Crippen LogP contribution is 2.01. The highest BCUT2D eigenvalue weighted by atomic mass is 16.5. The summed E-state index contributed by atoms with van der Waals surface area (Å²) in [6, 6.07) is 0.404. The van der Waals surface area contributed by atoms with Crippen LogP contribution in [0.4, 0.5) is 0 Å². The van der Waals surface area contributed by atoms with Crippen molar-refractivity contribution in [3.8, 4) is 0 Å². The predicted molar refractivity (Wildman–Crippen MR) is 73.0 cm³/mol. The lowest BCUT2D eigenvalue weighted by Gasteiger charge is -2.14. The molecule has 0 saturated carbocycles. The zero-order valence-corrected chi connectivity index (χ0v) is 11.9. The van der Waals surface area contributed by atoms with E-state index in [2.05, 4.69) is 31.9 Å². The number of nitrogens with one attached hydrogen (secondary N) is 1. The van der Waals surface area contributed by atoms with Gasteiger partial charge in [-0.1, -0.05) is 5.16 Å². The summed E-state index contributed by atoms with van der Waals surface area (Å²) in [5.74, 6) is 1.93. The van der Waals surface area contributed by atoms with E-state index in [9.17, 15) is 0 Å². The minimum Gasteiger partial charge on any atom is -0.387 e. The number of aromatic nitrogens is 4. The Kier molecular flexibility index (Phi) is 5.25. The van der Waals surface area contributed by atoms with Gasteiger partial charge in [-0.3, -0.25) is 0 Å². The van der Waals surface area contributed by atoms with Crippen LogP contribution in [0.15, 0.2) is 16.9 Å². The molecule has 1 atom stereocenters. The summed E-state index contributed by atoms with van der Waals surface area (Å²) >= 11 is 0. The van der Waals surface area contributed by atoms with Gasteiger partial charge in [0.15, 0.2) is 5.82 Å². The molecule has 2 aromatic rings. The number of aryl methyl sites for hydroxylation is 2. The lowest BCUT2D eigenvalue weighted by molar-refractivity contribution is 0.222. The highest BCUT2D eigenvalue weighted by molar-refractivity contribution is 4.89. The first-order chi connectivity index (χ1) is 9.69. The Bertz CT molecular complexity index is 522. The number of aliphatic hydroxyl groups excluding tert-OH is 1. The minimum absolute atomic E-state index is 0.207. The van der Waals surface area contributed by atoms with Crippen molar-refractivity contribution in [1.82, 2.24) is 25.0 Å². The van der Waals surface area contributed by atoms with Crippen LogP contribution in [0, 0.1) is 6.92 Å². The first kappa shape index (κ1) is 14.7. The standard InChI is InChI=1S/C13H21N5O2/c1-10(4-7-18-8-6-15-11(18)2)14-5-3-12-16-13(9-19)20-17-12/h6,8,10,14,19H,3-5,7,9H2,1-2H3/t10-/m0/s1. The Morgan fingerprint density at radius 2 is 2.35 bits per heavy atom. The Balaban J connectivity index is 1.65. The van der Waals surface area contributed by atoms with Gasteiger partial charge in [-0.15, -0.1) is 0 Å². The SMILES string of the molecule is Cc1nccn1CC[C@H](C)NCCc1noc(CO)n1. The molecule has 0 aliphatic carbocycles. The second-order valence-corrected chi connectivity index (χ2v) is 4.82. The second kappa shape index (κ2) is 7.16. The van der Waals surface area contributed by atoms with Gasteiger partial charge in [0.05, 0.1) is 0 Å². The third-order valence-corrected chi connectivity index (χ3v) is 3.21. The maximum absolute atomic E-state index is 8.83. The molecule has 0 radical (unpaired) electrons. The summed E-state index contributed by atoms with van der Waals surface area (Å²) in [6.07, 6.45) is 5.55. The Hall–Kier alpha value is -1.73. The zero-order chi connectivity index (χ0) is 14.4. The highest BCUT2D eigenvalue weighted by Gasteiger charge is 2.06. The minimum atomic E-state index is -0.207. The molecule has 0 fully saturated rings. The van der Waals surface area contributed by atoms with Gasteiger partial charge in [-0.05, 0) is 20.3 Å². The Labute approximate surface area is 118 Å². The van der Waals surface area contributed by atoms with Crippen molar-refractivity contribution in [2.75, 3.05) is 6.54 Å². The molecule has 0 amide bonds. The van der Waals surface area contributed by atoms with Crippen molar-refractivity contribution in [3.63, 3.8) is 0 Å². The number of aliphatic hydroxyl groups is 1. The number of hydrogen-bond acceptors (Lipinski definition) is 6. The van der Waals surface area contributed by atoms with Crippen LogP contribution < -0.4 is 5.32 Å². The van der Waals surface area contributed by atoms with Crippen molar-refractivity contribution >= 4 is 0 Å². The second-order valence-electron chi connectivity index (χ2n) is 4.82. The predicted octanol–water partition coefficient (Wildman–Crippen LogP) is 0.678. The normalized spacial score (nSPS) is 12.8. The molecule has 0 saturated heterocycles. The zero-order valence-electron chi connectivity index (χ0n) is 11.9. The molecule has 0 aliphatic rings. The quantitative estimate of drug-likeness (QED) is 0.738. The smallest absolute Gasteiger partial charge is 0.252 e. The van der Waals surface area contributed by atoms with E-state index < -0.39 is 0 Å². The average Bonchev–Trinajstić information content (AvgIpc) is 3.05. The first-order valence-corrected chi connectivity index (χ1v) is 6.82. The van der Waals surface area contributed by atoms with Crippen LogP contribution >= 0.6 is 0 Å². The monoisotopic (exact) mass is 279 g/mol. The van der Waals surface area contributed by atoms with E-state index in [0.717, 1.165) is 25.3 Å². The van der Waals surface area contributed by atoms with Crippen molar-refractivity contribution in [2.45, 2.75) is 45.9 Å². The fraction of sp³-hybridized carbons (Fsp3) is 0.615. The molecule has 2 rings (SSSR count). The fourth-order valence-corrected chi connectivity index (χ4v) is 1.96. The van der Waals surface area contributed by atoms with E-state index in [1.165, 1.54) is 0 Å². The molecular weight excluding hydrogens is 258 g/mol. The number of nitrogens with zero attached hydrogens (tertiary/aromatic N) is 4. The van der Waals surface area contributed by atoms with Gasteiger partial charge in [-0.2, -0.15) is 4.98 Å². The average molecular weight is 279 g/mol. The maximum Gasteiger partial charge on any atom is 0.252 e. The summed E-state index contributed by atoms with van der Waals surface area (Å²) in [4.78, 5) is 8.25. The van der Waals surface area contributed by atoms with Gasteiger partial charge in [0, 0.05) is 37.9 Å². The van der Waals surface area contributed by atoms with E-state index in [4.69, 9.17) is 9.63 Å². The van der Waals surface area contributed by atoms with E-state index in [1.807, 2.05) is 19.3 Å². The van der Waals surface area contributed by atoms with Crippen LogP contribution in [-0.2, 0) is 19.6 Å². The van der Waals surface area contributed by atoms with Crippen molar-refractivity contribution in [3.05, 3.63) is 29.9 Å². The largest absolute Gasteiger partial charge is 0.387 e. The lowest BCUT2D eigenvalue weighted by atomic mass is 10.2. The van der Waals surface area contributed by atoms with Crippen LogP contribution in [0.5, 0.6) is 0 Å². The van der Waals surface area contributed by atoms with Crippen LogP contribution in [0.25, 0.3) is 0 Å². The molecule has 0 unspecified atom stereocenters. The van der Waals surface area contributed by atoms with Crippen molar-refractivity contribution < 1.29 is 9.63 Å². The molecule has 0 aromatic carbocycles. The van der Waals surface area contributed by atoms with Crippen LogP contribution in [0.2, 0.25) is 0 Å². The Morgan fingerprint density at radius 1 is 1.50 bits per heavy atom. The Morgan fingerprint density at radius 3 is 3.00 bits per heavy atom. The van der Waals surface area contributed by atoms with Gasteiger partial charge in [0.1, 0.15) is 12.4 Å². The summed E-state index contributed by atoms with van der Waals surface area (Å²) in [6.45, 7) is 5.70. The summed E-state index contributed by atoms with van der Waals surface area (Å²) in [7, 11) is 0. The van der Waals surface area contributed by atoms with Gasteiger partial charge >= 0.3 is 0 Å². The maximum atomic E-state index is 8.83. The van der Waals surface area contributed by atoms with Crippen LogP contribution in [0.1, 0.15) is 30.9 Å². The van der Waals surface area contributed by atoms with Gasteiger partial charge in [0.2, 0.25) is 0 Å². The summed E-state index contributed by atoms with van der Waals surface area (Å²) < 4.78 is 6.98. The summed E-state index contributed by atoms with van der Waals surface area (Å²) in [5, 5.41) is 16.0. The summed E-state index contributed by atoms with van der Waals surface area (Å²) in [5.41, 5.74) is 0. The topological polar surface area (TPSA) is 89.0 Å². The number of hydrogen-bond donors (Lipinski definition) is 2. The van der Waals surface area contributed by atoms with Gasteiger partial charge in [-0.25, -0.2) is 4.98 Å². The van der Waals surface area contributed by atoms with E-state index in [0.29, 0.717) is 18.3 Å². The molecule has 2 N–H and O–H groups in total. The fourth-order valence-electron chi connectivity index (χ4n) is 1.96. The van der Waals surface area contributed by atoms with Crippen LogP contribution in [-0.4, -0.2) is 37.4 Å². The third kappa shape index (κ3) is 4.14. The third-order valence-electron chi connectivity index (χ3n) is 3.21. The molecule has 7 heteroatoms. The molecule has 0 spiro atoms. The molecule has 0 bridgehead atoms. The van der Waals surface area contributed by atoms with Crippen molar-refractivity contribution in [2.24, 2.45) is 0 Å². The van der Waals surface area contributed by atoms with E-state index in [1.54, 1.807) is 0 Å². The molecule has 20 heavy (non-hydrogen) atoms. The number of rotatable bonds is 8.